The van der Waals surface area contributed by atoms with Gasteiger partial charge in [-0.15, -0.1) is 0 Å². The quantitative estimate of drug-likeness (QED) is 0.611. The molecule has 2 N–H and O–H groups in total. The standard InChI is InChI=1S/C24H27Cl2NO2/c25-20-7-17(8-21(26)22(20)29-14-16-4-2-1-3-5-16)13-27-23-9-18-6-19(10-23)12-24(28,11-18)15-23/h1-5,7-8,18-19,27-28H,6,9-15H2. The fourth-order valence-corrected chi connectivity index (χ4v) is 6.93. The third-order valence-corrected chi connectivity index (χ3v) is 7.54. The molecule has 29 heavy (non-hydrogen) atoms. The Kier molecular flexibility index (Phi) is 5.06. The summed E-state index contributed by atoms with van der Waals surface area (Å²) in [6.45, 7) is 1.14. The molecule has 2 aromatic carbocycles. The van der Waals surface area contributed by atoms with Gasteiger partial charge in [-0.2, -0.15) is 0 Å². The predicted octanol–water partition coefficient (Wildman–Crippen LogP) is 5.75. The highest BCUT2D eigenvalue weighted by Crippen LogP contribution is 2.57. The van der Waals surface area contributed by atoms with Crippen LogP contribution in [0.1, 0.15) is 49.7 Å². The number of halogens is 2. The second-order valence-electron chi connectivity index (χ2n) is 9.48. The van der Waals surface area contributed by atoms with Crippen molar-refractivity contribution in [2.75, 3.05) is 0 Å². The molecule has 3 nitrogen and oxygen atoms in total. The first kappa shape index (κ1) is 19.7. The van der Waals surface area contributed by atoms with E-state index in [2.05, 4.69) is 5.32 Å². The minimum Gasteiger partial charge on any atom is -0.486 e. The minimum absolute atomic E-state index is 0.0558. The Labute approximate surface area is 182 Å². The predicted molar refractivity (Wildman–Crippen MR) is 116 cm³/mol. The van der Waals surface area contributed by atoms with Crippen LogP contribution in [0, 0.1) is 11.8 Å². The largest absolute Gasteiger partial charge is 0.486 e. The summed E-state index contributed by atoms with van der Waals surface area (Å²) in [5, 5.41) is 15.8. The fraction of sp³-hybridized carbons (Fsp3) is 0.500. The Balaban J connectivity index is 1.26. The van der Waals surface area contributed by atoms with E-state index >= 15 is 0 Å². The van der Waals surface area contributed by atoms with Crippen LogP contribution in [-0.2, 0) is 13.2 Å². The van der Waals surface area contributed by atoms with Gasteiger partial charge >= 0.3 is 0 Å². The molecule has 4 aliphatic rings. The van der Waals surface area contributed by atoms with Gasteiger partial charge in [0, 0.05) is 12.1 Å². The summed E-state index contributed by atoms with van der Waals surface area (Å²) in [5.74, 6) is 1.86. The Morgan fingerprint density at radius 3 is 2.24 bits per heavy atom. The molecule has 2 unspecified atom stereocenters. The maximum absolute atomic E-state index is 10.9. The molecule has 4 fully saturated rings. The zero-order valence-corrected chi connectivity index (χ0v) is 18.0. The second kappa shape index (κ2) is 7.46. The molecule has 4 bridgehead atoms. The molecule has 0 spiro atoms. The molecule has 0 aliphatic heterocycles. The van der Waals surface area contributed by atoms with Gasteiger partial charge in [-0.25, -0.2) is 0 Å². The second-order valence-corrected chi connectivity index (χ2v) is 10.3. The fourth-order valence-electron chi connectivity index (χ4n) is 6.29. The average Bonchev–Trinajstić information content (AvgIpc) is 2.65. The van der Waals surface area contributed by atoms with Crippen molar-refractivity contribution in [2.45, 2.75) is 62.8 Å². The van der Waals surface area contributed by atoms with Crippen LogP contribution in [0.4, 0.5) is 0 Å². The molecule has 154 valence electrons. The molecule has 4 aliphatic carbocycles. The highest BCUT2D eigenvalue weighted by atomic mass is 35.5. The van der Waals surface area contributed by atoms with Gasteiger partial charge in [0.05, 0.1) is 15.6 Å². The van der Waals surface area contributed by atoms with Crippen LogP contribution in [0.15, 0.2) is 42.5 Å². The molecule has 2 aromatic rings. The summed E-state index contributed by atoms with van der Waals surface area (Å²) in [5.41, 5.74) is 1.72. The van der Waals surface area contributed by atoms with Crippen LogP contribution >= 0.6 is 23.2 Å². The SMILES string of the molecule is OC12CC3CC(C1)CC(NCc1cc(Cl)c(OCc4ccccc4)c(Cl)c1)(C3)C2. The number of nitrogens with one attached hydrogen (secondary N) is 1. The molecule has 0 aromatic heterocycles. The summed E-state index contributed by atoms with van der Waals surface area (Å²) in [6.07, 6.45) is 6.47. The van der Waals surface area contributed by atoms with E-state index in [1.165, 1.54) is 19.3 Å². The summed E-state index contributed by atoms with van der Waals surface area (Å²) in [7, 11) is 0. The molecular weight excluding hydrogens is 405 g/mol. The first-order valence-electron chi connectivity index (χ1n) is 10.5. The van der Waals surface area contributed by atoms with Crippen molar-refractivity contribution in [1.82, 2.24) is 5.32 Å². The smallest absolute Gasteiger partial charge is 0.156 e. The lowest BCUT2D eigenvalue weighted by Gasteiger charge is -2.60. The topological polar surface area (TPSA) is 41.5 Å². The van der Waals surface area contributed by atoms with Crippen LogP contribution in [-0.4, -0.2) is 16.2 Å². The molecule has 0 radical (unpaired) electrons. The lowest BCUT2D eigenvalue weighted by atomic mass is 9.51. The van der Waals surface area contributed by atoms with E-state index in [4.69, 9.17) is 27.9 Å². The van der Waals surface area contributed by atoms with Crippen LogP contribution in [0.2, 0.25) is 10.0 Å². The van der Waals surface area contributed by atoms with Gasteiger partial charge in [0.15, 0.2) is 5.75 Å². The third kappa shape index (κ3) is 4.03. The summed E-state index contributed by atoms with van der Waals surface area (Å²) in [4.78, 5) is 0. The van der Waals surface area contributed by atoms with Gasteiger partial charge in [-0.3, -0.25) is 0 Å². The van der Waals surface area contributed by atoms with Crippen molar-refractivity contribution in [3.05, 3.63) is 63.6 Å². The maximum Gasteiger partial charge on any atom is 0.156 e. The number of benzene rings is 2. The Hall–Kier alpha value is -1.26. The zero-order chi connectivity index (χ0) is 20.1. The van der Waals surface area contributed by atoms with Crippen LogP contribution in [0.3, 0.4) is 0 Å². The summed E-state index contributed by atoms with van der Waals surface area (Å²) < 4.78 is 5.88. The summed E-state index contributed by atoms with van der Waals surface area (Å²) in [6, 6.07) is 13.9. The highest BCUT2D eigenvalue weighted by Gasteiger charge is 2.56. The number of rotatable bonds is 6. The van der Waals surface area contributed by atoms with Crippen LogP contribution in [0.5, 0.6) is 5.75 Å². The van der Waals surface area contributed by atoms with Gasteiger partial charge < -0.3 is 15.2 Å². The van der Waals surface area contributed by atoms with Crippen LogP contribution in [0.25, 0.3) is 0 Å². The molecule has 5 heteroatoms. The van der Waals surface area contributed by atoms with Gasteiger partial charge in [0.25, 0.3) is 0 Å². The molecule has 0 amide bonds. The van der Waals surface area contributed by atoms with Crippen molar-refractivity contribution in [3.63, 3.8) is 0 Å². The van der Waals surface area contributed by atoms with Crippen molar-refractivity contribution >= 4 is 23.2 Å². The van der Waals surface area contributed by atoms with E-state index in [1.54, 1.807) is 0 Å². The van der Waals surface area contributed by atoms with Crippen molar-refractivity contribution in [1.29, 1.82) is 0 Å². The molecule has 6 rings (SSSR count). The van der Waals surface area contributed by atoms with Gasteiger partial charge in [0.2, 0.25) is 0 Å². The Morgan fingerprint density at radius 1 is 0.966 bits per heavy atom. The van der Waals surface area contributed by atoms with E-state index in [1.807, 2.05) is 42.5 Å². The van der Waals surface area contributed by atoms with E-state index < -0.39 is 5.60 Å². The highest BCUT2D eigenvalue weighted by molar-refractivity contribution is 6.37. The van der Waals surface area contributed by atoms with Crippen molar-refractivity contribution in [3.8, 4) is 5.75 Å². The van der Waals surface area contributed by atoms with Crippen LogP contribution < -0.4 is 10.1 Å². The first-order chi connectivity index (χ1) is 13.9. The van der Waals surface area contributed by atoms with E-state index in [0.717, 1.165) is 30.4 Å². The van der Waals surface area contributed by atoms with Crippen molar-refractivity contribution in [2.24, 2.45) is 11.8 Å². The molecule has 2 atom stereocenters. The molecule has 0 saturated heterocycles. The number of hydrogen-bond donors (Lipinski definition) is 2. The van der Waals surface area contributed by atoms with Crippen molar-refractivity contribution < 1.29 is 9.84 Å². The van der Waals surface area contributed by atoms with E-state index in [0.29, 0.717) is 40.8 Å². The minimum atomic E-state index is -0.457. The Morgan fingerprint density at radius 2 is 1.62 bits per heavy atom. The Bertz CT molecular complexity index is 864. The molecular formula is C24H27Cl2NO2. The van der Waals surface area contributed by atoms with Gasteiger partial charge in [-0.05, 0) is 73.6 Å². The van der Waals surface area contributed by atoms with Gasteiger partial charge in [-0.1, -0.05) is 53.5 Å². The zero-order valence-electron chi connectivity index (χ0n) is 16.5. The monoisotopic (exact) mass is 431 g/mol. The lowest BCUT2D eigenvalue weighted by Crippen LogP contribution is -2.64. The molecule has 0 heterocycles. The van der Waals surface area contributed by atoms with Gasteiger partial charge in [0.1, 0.15) is 6.61 Å². The van der Waals surface area contributed by atoms with E-state index in [9.17, 15) is 5.11 Å². The normalized spacial score (nSPS) is 32.5. The number of hydrogen-bond acceptors (Lipinski definition) is 3. The number of aliphatic hydroxyl groups is 1. The van der Waals surface area contributed by atoms with E-state index in [-0.39, 0.29) is 5.54 Å². The maximum atomic E-state index is 10.9. The first-order valence-corrected chi connectivity index (χ1v) is 11.3. The lowest BCUT2D eigenvalue weighted by molar-refractivity contribution is -0.142. The molecule has 4 saturated carbocycles. The average molecular weight is 432 g/mol. The number of ether oxygens (including phenoxy) is 1. The third-order valence-electron chi connectivity index (χ3n) is 6.98. The summed E-state index contributed by atoms with van der Waals surface area (Å²) >= 11 is 13.0.